The van der Waals surface area contributed by atoms with E-state index in [4.69, 9.17) is 11.2 Å². The van der Waals surface area contributed by atoms with Crippen molar-refractivity contribution in [2.45, 2.75) is 39.2 Å². The topological polar surface area (TPSA) is 9.23 Å². The minimum absolute atomic E-state index is 0.0492. The van der Waals surface area contributed by atoms with Crippen LogP contribution in [0.4, 0.5) is 0 Å². The number of hydrogen-bond acceptors (Lipinski definition) is 1. The van der Waals surface area contributed by atoms with Crippen LogP contribution in [0.5, 0.6) is 0 Å². The molecule has 0 unspecified atom stereocenters. The third kappa shape index (κ3) is 2.55. The van der Waals surface area contributed by atoms with Gasteiger partial charge in [0.1, 0.15) is 0 Å². The quantitative estimate of drug-likeness (QED) is 0.551. The lowest BCUT2D eigenvalue weighted by Crippen LogP contribution is -2.23. The fourth-order valence-electron chi connectivity index (χ4n) is 0.836. The van der Waals surface area contributed by atoms with Gasteiger partial charge < -0.3 is 4.74 Å². The van der Waals surface area contributed by atoms with Gasteiger partial charge in [0, 0.05) is 0 Å². The van der Waals surface area contributed by atoms with E-state index in [1.54, 1.807) is 0 Å². The number of hydrogen-bond donors (Lipinski definition) is 0. The van der Waals surface area contributed by atoms with Crippen LogP contribution in [0.25, 0.3) is 0 Å². The van der Waals surface area contributed by atoms with Crippen molar-refractivity contribution >= 4 is 0 Å². The molecule has 0 aromatic carbocycles. The van der Waals surface area contributed by atoms with Gasteiger partial charge in [0.05, 0.1) is 17.6 Å². The summed E-state index contributed by atoms with van der Waals surface area (Å²) < 4.78 is 5.60. The van der Waals surface area contributed by atoms with Gasteiger partial charge in [-0.2, -0.15) is 0 Å². The van der Waals surface area contributed by atoms with Crippen molar-refractivity contribution in [3.63, 3.8) is 0 Å². The molecule has 1 rings (SSSR count). The zero-order valence-corrected chi connectivity index (χ0v) is 7.61. The molecule has 0 amide bonds. The van der Waals surface area contributed by atoms with Gasteiger partial charge in [0.15, 0.2) is 0 Å². The maximum atomic E-state index is 5.60. The van der Waals surface area contributed by atoms with E-state index in [9.17, 15) is 0 Å². The molecule has 0 aromatic heterocycles. The Morgan fingerprint density at radius 2 is 2.00 bits per heavy atom. The summed E-state index contributed by atoms with van der Waals surface area (Å²) in [4.78, 5) is 0. The van der Waals surface area contributed by atoms with Gasteiger partial charge in [-0.3, -0.25) is 0 Å². The Labute approximate surface area is 69.1 Å². The normalized spacial score (nSPS) is 20.9. The van der Waals surface area contributed by atoms with Gasteiger partial charge in [-0.15, -0.1) is 6.42 Å². The van der Waals surface area contributed by atoms with E-state index >= 15 is 0 Å². The predicted molar refractivity (Wildman–Crippen MR) is 46.2 cm³/mol. The highest BCUT2D eigenvalue weighted by atomic mass is 16.5. The first kappa shape index (κ1) is 8.62. The van der Waals surface area contributed by atoms with Crippen LogP contribution in [0.3, 0.4) is 0 Å². The third-order valence-electron chi connectivity index (χ3n) is 1.94. The lowest BCUT2D eigenvalue weighted by atomic mass is 10.1. The molecule has 1 aliphatic carbocycles. The Kier molecular flexibility index (Phi) is 1.98. The third-order valence-corrected chi connectivity index (χ3v) is 1.94. The van der Waals surface area contributed by atoms with E-state index in [0.717, 1.165) is 19.4 Å². The molecule has 0 aliphatic heterocycles. The summed E-state index contributed by atoms with van der Waals surface area (Å²) in [5, 5.41) is 0. The Hall–Kier alpha value is -0.480. The molecule has 1 aliphatic rings. The van der Waals surface area contributed by atoms with E-state index in [1.165, 1.54) is 0 Å². The summed E-state index contributed by atoms with van der Waals surface area (Å²) >= 11 is 0. The highest BCUT2D eigenvalue weighted by Crippen LogP contribution is 2.45. The molecule has 11 heavy (non-hydrogen) atoms. The van der Waals surface area contributed by atoms with Crippen LogP contribution in [0.15, 0.2) is 0 Å². The fourth-order valence-corrected chi connectivity index (χ4v) is 0.836. The summed E-state index contributed by atoms with van der Waals surface area (Å²) in [7, 11) is 0. The van der Waals surface area contributed by atoms with Crippen molar-refractivity contribution in [1.82, 2.24) is 0 Å². The standard InChI is InChI=1S/C10H16O/c1-5-10(6-7-10)8-11-9(2,3)4/h1H,6-8H2,2-4H3. The smallest absolute Gasteiger partial charge is 0.0639 e. The van der Waals surface area contributed by atoms with E-state index in [-0.39, 0.29) is 11.0 Å². The maximum absolute atomic E-state index is 5.60. The monoisotopic (exact) mass is 152 g/mol. The van der Waals surface area contributed by atoms with Gasteiger partial charge in [-0.05, 0) is 33.6 Å². The Bertz CT molecular complexity index is 176. The zero-order chi connectivity index (χ0) is 8.54. The van der Waals surface area contributed by atoms with Gasteiger partial charge in [-0.1, -0.05) is 5.92 Å². The van der Waals surface area contributed by atoms with Crippen molar-refractivity contribution < 1.29 is 4.74 Å². The maximum Gasteiger partial charge on any atom is 0.0639 e. The molecule has 1 nitrogen and oxygen atoms in total. The molecule has 0 atom stereocenters. The number of terminal acetylenes is 1. The molecule has 0 N–H and O–H groups in total. The zero-order valence-electron chi connectivity index (χ0n) is 7.61. The summed E-state index contributed by atoms with van der Waals surface area (Å²) in [6.45, 7) is 6.89. The molecule has 0 aromatic rings. The minimum atomic E-state index is -0.0492. The first-order chi connectivity index (χ1) is 4.97. The Morgan fingerprint density at radius 3 is 2.27 bits per heavy atom. The van der Waals surface area contributed by atoms with E-state index < -0.39 is 0 Å². The molecule has 0 saturated heterocycles. The molecule has 1 fully saturated rings. The first-order valence-corrected chi connectivity index (χ1v) is 4.09. The van der Waals surface area contributed by atoms with Crippen molar-refractivity contribution in [1.29, 1.82) is 0 Å². The van der Waals surface area contributed by atoms with Crippen molar-refractivity contribution in [2.24, 2.45) is 5.41 Å². The van der Waals surface area contributed by atoms with E-state index in [2.05, 4.69) is 26.7 Å². The van der Waals surface area contributed by atoms with Crippen LogP contribution in [-0.2, 0) is 4.74 Å². The highest BCUT2D eigenvalue weighted by Gasteiger charge is 2.41. The largest absolute Gasteiger partial charge is 0.374 e. The van der Waals surface area contributed by atoms with Crippen LogP contribution in [-0.4, -0.2) is 12.2 Å². The van der Waals surface area contributed by atoms with Crippen LogP contribution in [0.2, 0.25) is 0 Å². The van der Waals surface area contributed by atoms with Gasteiger partial charge in [0.2, 0.25) is 0 Å². The van der Waals surface area contributed by atoms with Gasteiger partial charge in [-0.25, -0.2) is 0 Å². The predicted octanol–water partition coefficient (Wildman–Crippen LogP) is 2.21. The molecule has 0 bridgehead atoms. The lowest BCUT2D eigenvalue weighted by molar-refractivity contribution is -0.0183. The van der Waals surface area contributed by atoms with Crippen LogP contribution >= 0.6 is 0 Å². The van der Waals surface area contributed by atoms with Crippen LogP contribution in [0, 0.1) is 17.8 Å². The molecule has 0 spiro atoms. The first-order valence-electron chi connectivity index (χ1n) is 4.09. The fraction of sp³-hybridized carbons (Fsp3) is 0.800. The Balaban J connectivity index is 2.29. The highest BCUT2D eigenvalue weighted by molar-refractivity contribution is 5.15. The number of ether oxygens (including phenoxy) is 1. The average Bonchev–Trinajstić information content (AvgIpc) is 2.63. The summed E-state index contributed by atoms with van der Waals surface area (Å²) in [6, 6.07) is 0. The van der Waals surface area contributed by atoms with Crippen molar-refractivity contribution in [3.8, 4) is 12.3 Å². The molecule has 0 radical (unpaired) electrons. The summed E-state index contributed by atoms with van der Waals surface area (Å²) in [5.74, 6) is 2.80. The molecular weight excluding hydrogens is 136 g/mol. The van der Waals surface area contributed by atoms with E-state index in [1.807, 2.05) is 0 Å². The lowest BCUT2D eigenvalue weighted by Gasteiger charge is -2.21. The second kappa shape index (κ2) is 2.53. The van der Waals surface area contributed by atoms with E-state index in [0.29, 0.717) is 0 Å². The molecule has 0 heterocycles. The van der Waals surface area contributed by atoms with Crippen LogP contribution in [0.1, 0.15) is 33.6 Å². The summed E-state index contributed by atoms with van der Waals surface area (Å²) in [6.07, 6.45) is 7.65. The second-order valence-electron chi connectivity index (χ2n) is 4.33. The van der Waals surface area contributed by atoms with Gasteiger partial charge >= 0.3 is 0 Å². The second-order valence-corrected chi connectivity index (χ2v) is 4.33. The van der Waals surface area contributed by atoms with Gasteiger partial charge in [0.25, 0.3) is 0 Å². The summed E-state index contributed by atoms with van der Waals surface area (Å²) in [5.41, 5.74) is 0.0553. The number of rotatable bonds is 2. The molecule has 1 saturated carbocycles. The SMILES string of the molecule is C#CC1(COC(C)(C)C)CC1. The molecular formula is C10H16O. The molecule has 1 heteroatoms. The minimum Gasteiger partial charge on any atom is -0.374 e. The van der Waals surface area contributed by atoms with Crippen LogP contribution < -0.4 is 0 Å². The Morgan fingerprint density at radius 1 is 1.45 bits per heavy atom. The van der Waals surface area contributed by atoms with Crippen molar-refractivity contribution in [3.05, 3.63) is 0 Å². The van der Waals surface area contributed by atoms with Crippen molar-refractivity contribution in [2.75, 3.05) is 6.61 Å². The molecule has 62 valence electrons. The average molecular weight is 152 g/mol.